The van der Waals surface area contributed by atoms with Crippen molar-refractivity contribution in [3.63, 3.8) is 0 Å². The molecular formula is C20H25N5O3. The molecule has 1 aromatic carbocycles. The van der Waals surface area contributed by atoms with E-state index in [1.54, 1.807) is 10.7 Å². The van der Waals surface area contributed by atoms with E-state index in [2.05, 4.69) is 15.4 Å². The van der Waals surface area contributed by atoms with E-state index in [-0.39, 0.29) is 17.9 Å². The van der Waals surface area contributed by atoms with E-state index in [1.807, 2.05) is 43.9 Å². The number of hydrogen-bond acceptors (Lipinski definition) is 5. The van der Waals surface area contributed by atoms with Crippen molar-refractivity contribution in [2.24, 2.45) is 0 Å². The van der Waals surface area contributed by atoms with Gasteiger partial charge in [-0.15, -0.1) is 0 Å². The van der Waals surface area contributed by atoms with Gasteiger partial charge in [-0.1, -0.05) is 12.1 Å². The van der Waals surface area contributed by atoms with Gasteiger partial charge in [-0.25, -0.2) is 9.67 Å². The average Bonchev–Trinajstić information content (AvgIpc) is 3.00. The van der Waals surface area contributed by atoms with Crippen LogP contribution >= 0.6 is 0 Å². The largest absolute Gasteiger partial charge is 0.467 e. The number of carbonyl (C=O) groups excluding carboxylic acids is 2. The lowest BCUT2D eigenvalue weighted by Crippen LogP contribution is -2.61. The molecule has 148 valence electrons. The summed E-state index contributed by atoms with van der Waals surface area (Å²) in [4.78, 5) is 31.3. The minimum Gasteiger partial charge on any atom is -0.467 e. The summed E-state index contributed by atoms with van der Waals surface area (Å²) in [5.41, 5.74) is -0.174. The maximum Gasteiger partial charge on any atom is 0.258 e. The Hall–Kier alpha value is -2.90. The Labute approximate surface area is 163 Å². The summed E-state index contributed by atoms with van der Waals surface area (Å²) in [7, 11) is 0. The molecule has 2 aromatic rings. The molecule has 0 bridgehead atoms. The molecule has 0 saturated carbocycles. The first-order valence-corrected chi connectivity index (χ1v) is 9.65. The van der Waals surface area contributed by atoms with E-state index in [4.69, 9.17) is 4.74 Å². The molecule has 0 radical (unpaired) electrons. The third-order valence-corrected chi connectivity index (χ3v) is 5.50. The van der Waals surface area contributed by atoms with Gasteiger partial charge in [0.2, 0.25) is 5.91 Å². The molecule has 1 N–H and O–H groups in total. The van der Waals surface area contributed by atoms with Gasteiger partial charge < -0.3 is 15.0 Å². The summed E-state index contributed by atoms with van der Waals surface area (Å²) < 4.78 is 7.94. The summed E-state index contributed by atoms with van der Waals surface area (Å²) in [5.74, 6) is 2.09. The van der Waals surface area contributed by atoms with E-state index in [0.717, 1.165) is 5.82 Å². The highest BCUT2D eigenvalue weighted by Gasteiger charge is 2.43. The monoisotopic (exact) mass is 383 g/mol. The molecule has 2 aliphatic heterocycles. The normalized spacial score (nSPS) is 19.0. The number of aromatic nitrogens is 3. The second-order valence-electron chi connectivity index (χ2n) is 7.63. The minimum absolute atomic E-state index is 0.0536. The zero-order valence-electron chi connectivity index (χ0n) is 16.4. The number of benzene rings is 1. The zero-order valence-corrected chi connectivity index (χ0v) is 16.4. The number of para-hydroxylation sites is 1. The summed E-state index contributed by atoms with van der Waals surface area (Å²) in [6, 6.07) is 7.20. The van der Waals surface area contributed by atoms with E-state index in [0.29, 0.717) is 49.5 Å². The fourth-order valence-electron chi connectivity index (χ4n) is 4.02. The Balaban J connectivity index is 1.38. The predicted octanol–water partition coefficient (Wildman–Crippen LogP) is 1.99. The Morgan fingerprint density at radius 2 is 2.00 bits per heavy atom. The van der Waals surface area contributed by atoms with Crippen LogP contribution in [-0.4, -0.2) is 50.3 Å². The molecule has 4 rings (SSSR count). The first kappa shape index (κ1) is 18.5. The smallest absolute Gasteiger partial charge is 0.258 e. The molecule has 0 aliphatic carbocycles. The van der Waals surface area contributed by atoms with Crippen LogP contribution in [-0.2, 0) is 4.79 Å². The van der Waals surface area contributed by atoms with Crippen molar-refractivity contribution in [1.82, 2.24) is 25.0 Å². The van der Waals surface area contributed by atoms with E-state index < -0.39 is 5.72 Å². The van der Waals surface area contributed by atoms with Crippen molar-refractivity contribution >= 4 is 11.8 Å². The average molecular weight is 383 g/mol. The second kappa shape index (κ2) is 6.92. The van der Waals surface area contributed by atoms with Gasteiger partial charge in [0.1, 0.15) is 17.4 Å². The van der Waals surface area contributed by atoms with Crippen molar-refractivity contribution < 1.29 is 14.3 Å². The Morgan fingerprint density at radius 1 is 1.29 bits per heavy atom. The number of aryl methyl sites for hydroxylation is 2. The molecule has 3 heterocycles. The SMILES string of the molecule is Cc1nc(C)n(C(C)CC(=O)N2CCC3(CC2)NC(=O)c2ccccc2O3)n1. The number of rotatable bonds is 3. The second-order valence-corrected chi connectivity index (χ2v) is 7.63. The van der Waals surface area contributed by atoms with E-state index in [1.165, 1.54) is 0 Å². The fourth-order valence-corrected chi connectivity index (χ4v) is 4.02. The quantitative estimate of drug-likeness (QED) is 0.876. The predicted molar refractivity (Wildman–Crippen MR) is 102 cm³/mol. The van der Waals surface area contributed by atoms with Gasteiger partial charge in [0, 0.05) is 32.4 Å². The number of piperidine rings is 1. The van der Waals surface area contributed by atoms with Crippen molar-refractivity contribution in [3.05, 3.63) is 41.5 Å². The molecule has 1 atom stereocenters. The van der Waals surface area contributed by atoms with Crippen LogP contribution in [0.4, 0.5) is 0 Å². The van der Waals surface area contributed by atoms with Gasteiger partial charge in [-0.2, -0.15) is 5.10 Å². The summed E-state index contributed by atoms with van der Waals surface area (Å²) in [5, 5.41) is 7.38. The van der Waals surface area contributed by atoms with Gasteiger partial charge in [-0.3, -0.25) is 9.59 Å². The topological polar surface area (TPSA) is 89.4 Å². The molecule has 8 heteroatoms. The fraction of sp³-hybridized carbons (Fsp3) is 0.500. The van der Waals surface area contributed by atoms with Crippen molar-refractivity contribution in [2.45, 2.75) is 51.8 Å². The highest BCUT2D eigenvalue weighted by Crippen LogP contribution is 2.33. The lowest BCUT2D eigenvalue weighted by molar-refractivity contribution is -0.136. The van der Waals surface area contributed by atoms with Crippen LogP contribution < -0.4 is 10.1 Å². The third kappa shape index (κ3) is 3.34. The summed E-state index contributed by atoms with van der Waals surface area (Å²) in [6.07, 6.45) is 1.50. The highest BCUT2D eigenvalue weighted by atomic mass is 16.5. The van der Waals surface area contributed by atoms with Crippen LogP contribution in [0.25, 0.3) is 0 Å². The first-order chi connectivity index (χ1) is 13.4. The van der Waals surface area contributed by atoms with Crippen molar-refractivity contribution in [2.75, 3.05) is 13.1 Å². The molecule has 2 amide bonds. The van der Waals surface area contributed by atoms with Crippen LogP contribution in [0.3, 0.4) is 0 Å². The maximum absolute atomic E-state index is 12.8. The number of ether oxygens (including phenoxy) is 1. The van der Waals surface area contributed by atoms with Gasteiger partial charge in [0.25, 0.3) is 5.91 Å². The van der Waals surface area contributed by atoms with Crippen molar-refractivity contribution in [1.29, 1.82) is 0 Å². The van der Waals surface area contributed by atoms with E-state index in [9.17, 15) is 9.59 Å². The number of nitrogens with zero attached hydrogens (tertiary/aromatic N) is 4. The molecule has 1 unspecified atom stereocenters. The lowest BCUT2D eigenvalue weighted by Gasteiger charge is -2.44. The minimum atomic E-state index is -0.729. The van der Waals surface area contributed by atoms with Crippen LogP contribution in [0.5, 0.6) is 5.75 Å². The maximum atomic E-state index is 12.8. The lowest BCUT2D eigenvalue weighted by atomic mass is 9.96. The molecule has 1 saturated heterocycles. The molecule has 1 fully saturated rings. The first-order valence-electron chi connectivity index (χ1n) is 9.65. The van der Waals surface area contributed by atoms with Crippen LogP contribution in [0.1, 0.15) is 54.2 Å². The van der Waals surface area contributed by atoms with Gasteiger partial charge in [-0.05, 0) is 32.9 Å². The molecule has 28 heavy (non-hydrogen) atoms. The highest BCUT2D eigenvalue weighted by molar-refractivity contribution is 5.98. The van der Waals surface area contributed by atoms with Crippen LogP contribution in [0, 0.1) is 13.8 Å². The van der Waals surface area contributed by atoms with Gasteiger partial charge in [0.15, 0.2) is 5.72 Å². The third-order valence-electron chi connectivity index (χ3n) is 5.50. The molecule has 2 aliphatic rings. The number of carbonyl (C=O) groups is 2. The summed E-state index contributed by atoms with van der Waals surface area (Å²) >= 11 is 0. The van der Waals surface area contributed by atoms with Gasteiger partial charge in [0.05, 0.1) is 11.6 Å². The molecule has 1 spiro atoms. The van der Waals surface area contributed by atoms with Crippen LogP contribution in [0.2, 0.25) is 0 Å². The number of nitrogens with one attached hydrogen (secondary N) is 1. The number of hydrogen-bond donors (Lipinski definition) is 1. The van der Waals surface area contributed by atoms with Gasteiger partial charge >= 0.3 is 0 Å². The Kier molecular flexibility index (Phi) is 4.56. The molecule has 1 aromatic heterocycles. The molecular weight excluding hydrogens is 358 g/mol. The summed E-state index contributed by atoms with van der Waals surface area (Å²) in [6.45, 7) is 6.81. The van der Waals surface area contributed by atoms with E-state index >= 15 is 0 Å². The Morgan fingerprint density at radius 3 is 2.68 bits per heavy atom. The molecule has 8 nitrogen and oxygen atoms in total. The Bertz CT molecular complexity index is 914. The zero-order chi connectivity index (χ0) is 19.9. The number of likely N-dealkylation sites (tertiary alicyclic amines) is 1. The van der Waals surface area contributed by atoms with Crippen molar-refractivity contribution in [3.8, 4) is 5.75 Å². The van der Waals surface area contributed by atoms with Crippen LogP contribution in [0.15, 0.2) is 24.3 Å². The number of fused-ring (bicyclic) bond motifs is 1. The number of amides is 2. The standard InChI is InChI=1S/C20H25N5O3/c1-13(25-15(3)21-14(2)23-25)12-18(26)24-10-8-20(9-11-24)22-19(27)16-6-4-5-7-17(16)28-20/h4-7,13H,8-12H2,1-3H3,(H,22,27).